The molecule has 1 heterocycles. The minimum atomic E-state index is -0.585. The van der Waals surface area contributed by atoms with Gasteiger partial charge in [-0.2, -0.15) is 10.1 Å². The zero-order chi connectivity index (χ0) is 19.6. The first kappa shape index (κ1) is 19.0. The molecule has 0 radical (unpaired) electrons. The second kappa shape index (κ2) is 7.97. The highest BCUT2D eigenvalue weighted by Gasteiger charge is 2.48. The monoisotopic (exact) mass is 394 g/mol. The number of urea groups is 1. The van der Waals surface area contributed by atoms with E-state index in [1.54, 1.807) is 16.8 Å². The van der Waals surface area contributed by atoms with Crippen LogP contribution in [0, 0.1) is 6.92 Å². The van der Waals surface area contributed by atoms with Crippen LogP contribution in [0.1, 0.15) is 42.4 Å². The third-order valence-electron chi connectivity index (χ3n) is 5.11. The van der Waals surface area contributed by atoms with Gasteiger partial charge in [0.1, 0.15) is 9.91 Å². The summed E-state index contributed by atoms with van der Waals surface area (Å²) in [7, 11) is 0. The molecule has 1 unspecified atom stereocenters. The van der Waals surface area contributed by atoms with Gasteiger partial charge in [-0.15, -0.1) is 0 Å². The highest BCUT2D eigenvalue weighted by Crippen LogP contribution is 2.50. The number of amides is 2. The summed E-state index contributed by atoms with van der Waals surface area (Å²) in [6.45, 7) is 2.65. The number of thioether (sulfide) groups is 1. The molecule has 0 aromatic heterocycles. The van der Waals surface area contributed by atoms with Crippen LogP contribution in [0.5, 0.6) is 0 Å². The molecular formula is C22H26N4OS. The lowest BCUT2D eigenvalue weighted by molar-refractivity contribution is 0.162. The van der Waals surface area contributed by atoms with Crippen molar-refractivity contribution in [2.24, 2.45) is 10.8 Å². The van der Waals surface area contributed by atoms with Crippen molar-refractivity contribution in [3.63, 3.8) is 0 Å². The topological polar surface area (TPSA) is 70.7 Å². The van der Waals surface area contributed by atoms with Crippen molar-refractivity contribution in [1.82, 2.24) is 10.3 Å². The van der Waals surface area contributed by atoms with Crippen molar-refractivity contribution < 1.29 is 4.79 Å². The molecule has 0 bridgehead atoms. The fourth-order valence-corrected chi connectivity index (χ4v) is 4.88. The van der Waals surface area contributed by atoms with E-state index < -0.39 is 4.87 Å². The third kappa shape index (κ3) is 3.80. The van der Waals surface area contributed by atoms with Crippen LogP contribution in [0.2, 0.25) is 0 Å². The average Bonchev–Trinajstić information content (AvgIpc) is 3.44. The number of benzene rings is 2. The van der Waals surface area contributed by atoms with Crippen LogP contribution in [0.4, 0.5) is 4.79 Å². The van der Waals surface area contributed by atoms with Crippen molar-refractivity contribution in [2.45, 2.75) is 43.5 Å². The number of hydrogen-bond donors (Lipinski definition) is 2. The molecule has 1 fully saturated rings. The van der Waals surface area contributed by atoms with Gasteiger partial charge in [0.2, 0.25) is 0 Å². The number of nitrogens with zero attached hydrogens (tertiary/aromatic N) is 2. The summed E-state index contributed by atoms with van der Waals surface area (Å²) < 4.78 is 0. The van der Waals surface area contributed by atoms with E-state index in [2.05, 4.69) is 42.6 Å². The van der Waals surface area contributed by atoms with Crippen LogP contribution < -0.4 is 11.1 Å². The van der Waals surface area contributed by atoms with Gasteiger partial charge in [-0.3, -0.25) is 0 Å². The van der Waals surface area contributed by atoms with Crippen molar-refractivity contribution in [3.8, 4) is 0 Å². The van der Waals surface area contributed by atoms with Crippen LogP contribution in [0.3, 0.4) is 0 Å². The van der Waals surface area contributed by atoms with Crippen molar-refractivity contribution in [1.29, 1.82) is 0 Å². The number of aryl methyl sites for hydroxylation is 1. The summed E-state index contributed by atoms with van der Waals surface area (Å²) in [5.41, 5.74) is 9.15. The fraction of sp³-hybridized carbons (Fsp3) is 0.364. The highest BCUT2D eigenvalue weighted by molar-refractivity contribution is 8.15. The van der Waals surface area contributed by atoms with Gasteiger partial charge in [0, 0.05) is 11.6 Å². The van der Waals surface area contributed by atoms with Gasteiger partial charge in [-0.05, 0) is 50.8 Å². The Morgan fingerprint density at radius 2 is 2.04 bits per heavy atom. The molecule has 28 heavy (non-hydrogen) atoms. The average molecular weight is 395 g/mol. The minimum absolute atomic E-state index is 0.126. The van der Waals surface area contributed by atoms with E-state index in [0.717, 1.165) is 41.9 Å². The number of carbonyl (C=O) groups is 1. The Kier molecular flexibility index (Phi) is 5.42. The number of nitrogens with one attached hydrogen (secondary N) is 1. The smallest absolute Gasteiger partial charge is 0.334 e. The van der Waals surface area contributed by atoms with E-state index >= 15 is 0 Å². The SMILES string of the molecule is Cc1cccc(C2=NN(C(=O)NC3CC3)C(CCCN)(c3ccccc3)S2)c1. The summed E-state index contributed by atoms with van der Waals surface area (Å²) in [5.74, 6) is 0. The normalized spacial score (nSPS) is 21.5. The van der Waals surface area contributed by atoms with Crippen molar-refractivity contribution in [2.75, 3.05) is 6.54 Å². The second-order valence-electron chi connectivity index (χ2n) is 7.45. The van der Waals surface area contributed by atoms with Crippen LogP contribution in [-0.2, 0) is 4.87 Å². The first-order valence-electron chi connectivity index (χ1n) is 9.83. The Labute approximate surface area is 170 Å². The largest absolute Gasteiger partial charge is 0.339 e. The molecule has 1 saturated carbocycles. The molecular weight excluding hydrogens is 368 g/mol. The number of carbonyl (C=O) groups excluding carboxylic acids is 1. The van der Waals surface area contributed by atoms with E-state index in [4.69, 9.17) is 10.8 Å². The molecule has 4 rings (SSSR count). The van der Waals surface area contributed by atoms with E-state index in [0.29, 0.717) is 6.54 Å². The van der Waals surface area contributed by atoms with E-state index in [-0.39, 0.29) is 12.1 Å². The molecule has 1 aliphatic heterocycles. The van der Waals surface area contributed by atoms with Gasteiger partial charge in [0.05, 0.1) is 0 Å². The van der Waals surface area contributed by atoms with E-state index in [1.165, 1.54) is 5.56 Å². The Bertz CT molecular complexity index is 881. The van der Waals surface area contributed by atoms with Gasteiger partial charge < -0.3 is 11.1 Å². The molecule has 2 aromatic carbocycles. The maximum atomic E-state index is 13.2. The Morgan fingerprint density at radius 1 is 1.25 bits per heavy atom. The Morgan fingerprint density at radius 3 is 2.71 bits per heavy atom. The lowest BCUT2D eigenvalue weighted by atomic mass is 10.0. The molecule has 5 nitrogen and oxygen atoms in total. The zero-order valence-electron chi connectivity index (χ0n) is 16.1. The number of hydrogen-bond acceptors (Lipinski definition) is 4. The molecule has 0 saturated heterocycles. The molecule has 3 N–H and O–H groups in total. The summed E-state index contributed by atoms with van der Waals surface area (Å²) >= 11 is 1.66. The molecule has 1 aliphatic carbocycles. The van der Waals surface area contributed by atoms with Gasteiger partial charge in [0.25, 0.3) is 0 Å². The second-order valence-corrected chi connectivity index (χ2v) is 8.72. The molecule has 1 atom stereocenters. The van der Waals surface area contributed by atoms with Crippen LogP contribution in [-0.4, -0.2) is 28.7 Å². The summed E-state index contributed by atoms with van der Waals surface area (Å²) in [4.78, 5) is 12.6. The molecule has 2 aliphatic rings. The van der Waals surface area contributed by atoms with E-state index in [9.17, 15) is 4.79 Å². The molecule has 146 valence electrons. The van der Waals surface area contributed by atoms with Crippen LogP contribution in [0.15, 0.2) is 59.7 Å². The number of rotatable bonds is 6. The Hall–Kier alpha value is -2.31. The standard InChI is InChI=1S/C22H26N4OS/c1-16-7-5-8-17(15-16)20-25-26(21(27)24-19-11-12-19)22(28-20,13-6-14-23)18-9-3-2-4-10-18/h2-5,7-10,15,19H,6,11-14,23H2,1H3,(H,24,27). The van der Waals surface area contributed by atoms with Gasteiger partial charge in [-0.25, -0.2) is 4.79 Å². The highest BCUT2D eigenvalue weighted by atomic mass is 32.2. The lowest BCUT2D eigenvalue weighted by Gasteiger charge is -2.35. The fourth-order valence-electron chi connectivity index (χ4n) is 3.49. The maximum Gasteiger partial charge on any atom is 0.339 e. The van der Waals surface area contributed by atoms with Gasteiger partial charge in [0.15, 0.2) is 0 Å². The van der Waals surface area contributed by atoms with Gasteiger partial charge in [-0.1, -0.05) is 65.9 Å². The lowest BCUT2D eigenvalue weighted by Crippen LogP contribution is -2.47. The first-order chi connectivity index (χ1) is 13.6. The number of hydrazone groups is 1. The van der Waals surface area contributed by atoms with Crippen molar-refractivity contribution >= 4 is 22.8 Å². The predicted octanol–water partition coefficient (Wildman–Crippen LogP) is 4.17. The minimum Gasteiger partial charge on any atom is -0.334 e. The van der Waals surface area contributed by atoms with Crippen LogP contribution in [0.25, 0.3) is 0 Å². The molecule has 2 aromatic rings. The third-order valence-corrected chi connectivity index (χ3v) is 6.57. The Balaban J connectivity index is 1.76. The number of nitrogens with two attached hydrogens (primary N) is 1. The molecule has 6 heteroatoms. The van der Waals surface area contributed by atoms with Crippen LogP contribution >= 0.6 is 11.8 Å². The molecule has 0 spiro atoms. The predicted molar refractivity (Wildman–Crippen MR) is 115 cm³/mol. The van der Waals surface area contributed by atoms with Crippen molar-refractivity contribution in [3.05, 3.63) is 71.3 Å². The van der Waals surface area contributed by atoms with Gasteiger partial charge >= 0.3 is 6.03 Å². The molecule has 2 amide bonds. The summed E-state index contributed by atoms with van der Waals surface area (Å²) in [5, 5.41) is 10.5. The first-order valence-corrected chi connectivity index (χ1v) is 10.6. The summed E-state index contributed by atoms with van der Waals surface area (Å²) in [6.07, 6.45) is 3.64. The quantitative estimate of drug-likeness (QED) is 0.772. The summed E-state index contributed by atoms with van der Waals surface area (Å²) in [6, 6.07) is 18.6. The zero-order valence-corrected chi connectivity index (χ0v) is 16.9. The maximum absolute atomic E-state index is 13.2. The van der Waals surface area contributed by atoms with E-state index in [1.807, 2.05) is 24.3 Å².